The first-order chi connectivity index (χ1) is 9.76. The molecular formula is C15H19N5. The van der Waals surface area contributed by atoms with E-state index in [1.54, 1.807) is 12.4 Å². The summed E-state index contributed by atoms with van der Waals surface area (Å²) in [5, 5.41) is 0. The summed E-state index contributed by atoms with van der Waals surface area (Å²) in [6.07, 6.45) is 5.42. The number of rotatable bonds is 3. The molecule has 104 valence electrons. The predicted octanol–water partition coefficient (Wildman–Crippen LogP) is 1.64. The van der Waals surface area contributed by atoms with Crippen LogP contribution in [0, 0.1) is 0 Å². The van der Waals surface area contributed by atoms with Crippen molar-refractivity contribution in [1.29, 1.82) is 0 Å². The number of hydrogen-bond acceptors (Lipinski definition) is 5. The van der Waals surface area contributed by atoms with Crippen molar-refractivity contribution in [3.05, 3.63) is 36.4 Å². The number of aryl methyl sites for hydroxylation is 1. The van der Waals surface area contributed by atoms with E-state index in [0.717, 1.165) is 48.8 Å². The van der Waals surface area contributed by atoms with E-state index < -0.39 is 0 Å². The Balaban J connectivity index is 1.99. The van der Waals surface area contributed by atoms with E-state index >= 15 is 0 Å². The second kappa shape index (κ2) is 5.54. The first-order valence-electron chi connectivity index (χ1n) is 7.05. The Hall–Kier alpha value is -2.01. The lowest BCUT2D eigenvalue weighted by Gasteiger charge is -2.18. The zero-order valence-corrected chi connectivity index (χ0v) is 11.7. The van der Waals surface area contributed by atoms with E-state index in [1.807, 2.05) is 18.2 Å². The first-order valence-corrected chi connectivity index (χ1v) is 7.05. The molecule has 0 aromatic carbocycles. The van der Waals surface area contributed by atoms with Crippen LogP contribution < -0.4 is 10.6 Å². The normalized spacial score (nSPS) is 18.5. The van der Waals surface area contributed by atoms with Crippen LogP contribution in [0.15, 0.2) is 30.6 Å². The van der Waals surface area contributed by atoms with Gasteiger partial charge in [-0.2, -0.15) is 0 Å². The molecule has 1 fully saturated rings. The summed E-state index contributed by atoms with van der Waals surface area (Å²) in [5.41, 5.74) is 8.01. The average Bonchev–Trinajstić information content (AvgIpc) is 2.94. The molecule has 0 radical (unpaired) electrons. The molecule has 3 heterocycles. The molecule has 1 aliphatic rings. The van der Waals surface area contributed by atoms with Crippen LogP contribution in [0.4, 0.5) is 5.82 Å². The molecular weight excluding hydrogens is 250 g/mol. The van der Waals surface area contributed by atoms with Gasteiger partial charge < -0.3 is 10.6 Å². The zero-order chi connectivity index (χ0) is 13.9. The molecule has 0 spiro atoms. The molecule has 2 N–H and O–H groups in total. The molecule has 5 heteroatoms. The van der Waals surface area contributed by atoms with Gasteiger partial charge in [0.05, 0.1) is 5.69 Å². The van der Waals surface area contributed by atoms with Crippen molar-refractivity contribution in [2.45, 2.75) is 25.8 Å². The zero-order valence-electron chi connectivity index (χ0n) is 11.7. The van der Waals surface area contributed by atoms with Crippen LogP contribution >= 0.6 is 0 Å². The summed E-state index contributed by atoms with van der Waals surface area (Å²) in [7, 11) is 0. The Labute approximate surface area is 118 Å². The quantitative estimate of drug-likeness (QED) is 0.917. The summed E-state index contributed by atoms with van der Waals surface area (Å²) in [6.45, 7) is 3.91. The van der Waals surface area contributed by atoms with E-state index in [9.17, 15) is 0 Å². The number of aromatic nitrogens is 3. The lowest BCUT2D eigenvalue weighted by molar-refractivity contribution is 0.751. The van der Waals surface area contributed by atoms with Crippen LogP contribution in [0.5, 0.6) is 0 Å². The Morgan fingerprint density at radius 2 is 2.10 bits per heavy atom. The number of anilines is 1. The summed E-state index contributed by atoms with van der Waals surface area (Å²) < 4.78 is 0. The fourth-order valence-corrected chi connectivity index (χ4v) is 2.47. The van der Waals surface area contributed by atoms with Gasteiger partial charge in [-0.15, -0.1) is 0 Å². The van der Waals surface area contributed by atoms with Gasteiger partial charge in [-0.25, -0.2) is 9.97 Å². The van der Waals surface area contributed by atoms with Gasteiger partial charge in [0.25, 0.3) is 0 Å². The second-order valence-electron chi connectivity index (χ2n) is 5.11. The molecule has 5 nitrogen and oxygen atoms in total. The standard InChI is InChI=1S/C15H19N5/c1-2-14-18-13(11-3-6-17-7-4-11)9-15(19-14)20-8-5-12(16)10-20/h3-4,6-7,9,12H,2,5,8,10,16H2,1H3. The third-order valence-corrected chi connectivity index (χ3v) is 3.60. The summed E-state index contributed by atoms with van der Waals surface area (Å²) >= 11 is 0. The number of nitrogens with zero attached hydrogens (tertiary/aromatic N) is 4. The average molecular weight is 269 g/mol. The maximum Gasteiger partial charge on any atom is 0.132 e. The van der Waals surface area contributed by atoms with Crippen molar-refractivity contribution in [1.82, 2.24) is 15.0 Å². The molecule has 1 unspecified atom stereocenters. The second-order valence-corrected chi connectivity index (χ2v) is 5.11. The van der Waals surface area contributed by atoms with Crippen LogP contribution in [0.2, 0.25) is 0 Å². The molecule has 3 rings (SSSR count). The number of pyridine rings is 1. The molecule has 2 aromatic heterocycles. The predicted molar refractivity (Wildman–Crippen MR) is 79.4 cm³/mol. The van der Waals surface area contributed by atoms with Gasteiger partial charge in [-0.05, 0) is 18.6 Å². The van der Waals surface area contributed by atoms with Gasteiger partial charge in [0, 0.05) is 49.6 Å². The highest BCUT2D eigenvalue weighted by Crippen LogP contribution is 2.23. The lowest BCUT2D eigenvalue weighted by Crippen LogP contribution is -2.27. The van der Waals surface area contributed by atoms with Gasteiger partial charge in [-0.1, -0.05) is 6.92 Å². The van der Waals surface area contributed by atoms with Crippen molar-refractivity contribution in [2.24, 2.45) is 5.73 Å². The summed E-state index contributed by atoms with van der Waals surface area (Å²) in [6, 6.07) is 6.24. The lowest BCUT2D eigenvalue weighted by atomic mass is 10.2. The molecule has 20 heavy (non-hydrogen) atoms. The molecule has 1 aliphatic heterocycles. The van der Waals surface area contributed by atoms with E-state index in [-0.39, 0.29) is 6.04 Å². The minimum absolute atomic E-state index is 0.249. The van der Waals surface area contributed by atoms with Crippen molar-refractivity contribution >= 4 is 5.82 Å². The van der Waals surface area contributed by atoms with E-state index in [2.05, 4.69) is 26.8 Å². The number of hydrogen-bond donors (Lipinski definition) is 1. The van der Waals surface area contributed by atoms with Crippen LogP contribution in [0.1, 0.15) is 19.2 Å². The van der Waals surface area contributed by atoms with Crippen molar-refractivity contribution in [3.8, 4) is 11.3 Å². The summed E-state index contributed by atoms with van der Waals surface area (Å²) in [5.74, 6) is 1.85. The molecule has 0 bridgehead atoms. The molecule has 1 saturated heterocycles. The summed E-state index contributed by atoms with van der Waals surface area (Å²) in [4.78, 5) is 15.6. The van der Waals surface area contributed by atoms with Crippen LogP contribution in [-0.4, -0.2) is 34.1 Å². The smallest absolute Gasteiger partial charge is 0.132 e. The highest BCUT2D eigenvalue weighted by molar-refractivity contribution is 5.62. The Bertz CT molecular complexity index is 584. The maximum absolute atomic E-state index is 5.99. The maximum atomic E-state index is 5.99. The van der Waals surface area contributed by atoms with Gasteiger partial charge in [0.1, 0.15) is 11.6 Å². The van der Waals surface area contributed by atoms with Gasteiger partial charge >= 0.3 is 0 Å². The Kier molecular flexibility index (Phi) is 3.60. The molecule has 2 aromatic rings. The molecule has 1 atom stereocenters. The topological polar surface area (TPSA) is 67.9 Å². The van der Waals surface area contributed by atoms with Gasteiger partial charge in [-0.3, -0.25) is 4.98 Å². The third kappa shape index (κ3) is 2.63. The minimum Gasteiger partial charge on any atom is -0.355 e. The Morgan fingerprint density at radius 3 is 2.75 bits per heavy atom. The van der Waals surface area contributed by atoms with Crippen molar-refractivity contribution in [2.75, 3.05) is 18.0 Å². The largest absolute Gasteiger partial charge is 0.355 e. The molecule has 0 aliphatic carbocycles. The van der Waals surface area contributed by atoms with Crippen LogP contribution in [0.25, 0.3) is 11.3 Å². The van der Waals surface area contributed by atoms with Crippen molar-refractivity contribution < 1.29 is 0 Å². The highest BCUT2D eigenvalue weighted by atomic mass is 15.2. The van der Waals surface area contributed by atoms with Gasteiger partial charge in [0.2, 0.25) is 0 Å². The first kappa shape index (κ1) is 13.0. The van der Waals surface area contributed by atoms with E-state index in [0.29, 0.717) is 0 Å². The molecule has 0 saturated carbocycles. The van der Waals surface area contributed by atoms with Crippen LogP contribution in [-0.2, 0) is 6.42 Å². The monoisotopic (exact) mass is 269 g/mol. The third-order valence-electron chi connectivity index (χ3n) is 3.60. The highest BCUT2D eigenvalue weighted by Gasteiger charge is 2.21. The van der Waals surface area contributed by atoms with Crippen molar-refractivity contribution in [3.63, 3.8) is 0 Å². The van der Waals surface area contributed by atoms with Gasteiger partial charge in [0.15, 0.2) is 0 Å². The number of nitrogens with two attached hydrogens (primary N) is 1. The van der Waals surface area contributed by atoms with E-state index in [4.69, 9.17) is 5.73 Å². The SMILES string of the molecule is CCc1nc(-c2ccncc2)cc(N2CCC(N)C2)n1. The Morgan fingerprint density at radius 1 is 1.30 bits per heavy atom. The van der Waals surface area contributed by atoms with E-state index in [1.165, 1.54) is 0 Å². The minimum atomic E-state index is 0.249. The molecule has 0 amide bonds. The fraction of sp³-hybridized carbons (Fsp3) is 0.400. The fourth-order valence-electron chi connectivity index (χ4n) is 2.47. The van der Waals surface area contributed by atoms with Crippen LogP contribution in [0.3, 0.4) is 0 Å².